The van der Waals surface area contributed by atoms with Crippen molar-refractivity contribution in [3.05, 3.63) is 59.3 Å². The predicted octanol–water partition coefficient (Wildman–Crippen LogP) is 5.86. The molecule has 2 heterocycles. The molecule has 1 aliphatic heterocycles. The number of hydrogen-bond donors (Lipinski definition) is 1. The van der Waals surface area contributed by atoms with Gasteiger partial charge in [-0.1, -0.05) is 19.9 Å². The van der Waals surface area contributed by atoms with Crippen molar-refractivity contribution in [1.82, 2.24) is 15.1 Å². The molecule has 0 radical (unpaired) electrons. The van der Waals surface area contributed by atoms with Crippen LogP contribution in [0, 0.1) is 5.92 Å². The molecule has 0 saturated carbocycles. The van der Waals surface area contributed by atoms with Gasteiger partial charge in [-0.25, -0.2) is 0 Å². The topological polar surface area (TPSA) is 76.7 Å². The minimum Gasteiger partial charge on any atom is -0.497 e. The zero-order valence-electron chi connectivity index (χ0n) is 21.6. The number of rotatable bonds is 8. The first-order valence-corrected chi connectivity index (χ1v) is 12.0. The lowest BCUT2D eigenvalue weighted by atomic mass is 9.93. The fraction of sp³-hybridized carbons (Fsp3) is 0.429. The Hall–Kier alpha value is -3.48. The van der Waals surface area contributed by atoms with Crippen LogP contribution in [0.4, 0.5) is 0 Å². The highest BCUT2D eigenvalue weighted by atomic mass is 16.5. The number of nitrogens with one attached hydrogen (secondary N) is 1. The van der Waals surface area contributed by atoms with Gasteiger partial charge in [0.15, 0.2) is 11.5 Å². The van der Waals surface area contributed by atoms with E-state index in [1.54, 1.807) is 14.2 Å². The first-order valence-electron chi connectivity index (χ1n) is 12.0. The van der Waals surface area contributed by atoms with E-state index in [0.717, 1.165) is 34.6 Å². The summed E-state index contributed by atoms with van der Waals surface area (Å²) in [5.74, 6) is 2.60. The third kappa shape index (κ3) is 4.72. The van der Waals surface area contributed by atoms with Crippen LogP contribution in [-0.4, -0.2) is 47.4 Å². The van der Waals surface area contributed by atoms with E-state index in [2.05, 4.69) is 24.0 Å². The molecule has 1 unspecified atom stereocenters. The van der Waals surface area contributed by atoms with Crippen molar-refractivity contribution in [2.45, 2.75) is 52.6 Å². The van der Waals surface area contributed by atoms with E-state index in [0.29, 0.717) is 29.7 Å². The van der Waals surface area contributed by atoms with Crippen LogP contribution < -0.4 is 14.2 Å². The fourth-order valence-corrected chi connectivity index (χ4v) is 4.50. The summed E-state index contributed by atoms with van der Waals surface area (Å²) < 4.78 is 17.0. The van der Waals surface area contributed by atoms with Gasteiger partial charge in [0.2, 0.25) is 0 Å². The second kappa shape index (κ2) is 9.64. The van der Waals surface area contributed by atoms with Crippen LogP contribution in [0.25, 0.3) is 11.3 Å². The molecule has 1 atom stereocenters. The van der Waals surface area contributed by atoms with Gasteiger partial charge in [-0.15, -0.1) is 0 Å². The molecule has 0 saturated heterocycles. The van der Waals surface area contributed by atoms with E-state index >= 15 is 0 Å². The van der Waals surface area contributed by atoms with Crippen LogP contribution in [0.1, 0.15) is 68.7 Å². The van der Waals surface area contributed by atoms with Crippen LogP contribution in [0.2, 0.25) is 0 Å². The van der Waals surface area contributed by atoms with Crippen molar-refractivity contribution >= 4 is 5.91 Å². The molecular formula is C28H35N3O4. The second-order valence-electron chi connectivity index (χ2n) is 10.3. The van der Waals surface area contributed by atoms with Crippen LogP contribution in [0.5, 0.6) is 17.2 Å². The minimum atomic E-state index is -0.418. The quantitative estimate of drug-likeness (QED) is 0.440. The highest BCUT2D eigenvalue weighted by Crippen LogP contribution is 2.47. The van der Waals surface area contributed by atoms with Gasteiger partial charge in [-0.05, 0) is 75.1 Å². The highest BCUT2D eigenvalue weighted by molar-refractivity contribution is 6.00. The summed E-state index contributed by atoms with van der Waals surface area (Å²) in [7, 11) is 3.28. The normalized spacial score (nSPS) is 15.5. The Balaban J connectivity index is 1.80. The molecule has 186 valence electrons. The number of H-pyrrole nitrogens is 1. The Bertz CT molecular complexity index is 1190. The first kappa shape index (κ1) is 24.6. The number of aromatic nitrogens is 2. The van der Waals surface area contributed by atoms with Crippen molar-refractivity contribution < 1.29 is 19.0 Å². The summed E-state index contributed by atoms with van der Waals surface area (Å²) >= 11 is 0. The number of aromatic amines is 1. The zero-order chi connectivity index (χ0) is 25.3. The summed E-state index contributed by atoms with van der Waals surface area (Å²) in [6.45, 7) is 11.1. The molecule has 7 heteroatoms. The lowest BCUT2D eigenvalue weighted by molar-refractivity contribution is 0.0545. The SMILES string of the molecule is COc1ccc(-c2n[nH]c3c2C(c2ccc(OCCC(C)C)c(OC)c2)N(C(C)(C)C)C3=O)cc1. The van der Waals surface area contributed by atoms with Crippen LogP contribution in [-0.2, 0) is 0 Å². The minimum absolute atomic E-state index is 0.0685. The van der Waals surface area contributed by atoms with Crippen molar-refractivity contribution in [2.75, 3.05) is 20.8 Å². The Labute approximate surface area is 207 Å². The molecular weight excluding hydrogens is 442 g/mol. The Morgan fingerprint density at radius 2 is 1.74 bits per heavy atom. The van der Waals surface area contributed by atoms with E-state index < -0.39 is 5.54 Å². The third-order valence-electron chi connectivity index (χ3n) is 6.31. The lowest BCUT2D eigenvalue weighted by Gasteiger charge is -2.38. The number of ether oxygens (including phenoxy) is 3. The van der Waals surface area contributed by atoms with Gasteiger partial charge in [0.05, 0.1) is 32.6 Å². The molecule has 0 fully saturated rings. The van der Waals surface area contributed by atoms with Crippen molar-refractivity contribution in [3.8, 4) is 28.5 Å². The number of benzene rings is 2. The summed E-state index contributed by atoms with van der Waals surface area (Å²) in [5.41, 5.74) is 3.58. The van der Waals surface area contributed by atoms with Gasteiger partial charge in [0.25, 0.3) is 5.91 Å². The van der Waals surface area contributed by atoms with Crippen LogP contribution in [0.3, 0.4) is 0 Å². The van der Waals surface area contributed by atoms with Crippen molar-refractivity contribution in [3.63, 3.8) is 0 Å². The maximum Gasteiger partial charge on any atom is 0.273 e. The Kier molecular flexibility index (Phi) is 6.79. The number of carbonyl (C=O) groups is 1. The molecule has 7 nitrogen and oxygen atoms in total. The number of carbonyl (C=O) groups excluding carboxylic acids is 1. The smallest absolute Gasteiger partial charge is 0.273 e. The van der Waals surface area contributed by atoms with Crippen molar-refractivity contribution in [1.29, 1.82) is 0 Å². The summed E-state index contributed by atoms with van der Waals surface area (Å²) in [4.78, 5) is 15.5. The largest absolute Gasteiger partial charge is 0.497 e. The lowest BCUT2D eigenvalue weighted by Crippen LogP contribution is -2.44. The van der Waals surface area contributed by atoms with E-state index in [-0.39, 0.29) is 11.9 Å². The molecule has 4 rings (SSSR count). The second-order valence-corrected chi connectivity index (χ2v) is 10.3. The molecule has 1 aromatic heterocycles. The molecule has 1 aliphatic rings. The number of hydrogen-bond acceptors (Lipinski definition) is 5. The molecule has 1 N–H and O–H groups in total. The highest BCUT2D eigenvalue weighted by Gasteiger charge is 2.46. The molecule has 35 heavy (non-hydrogen) atoms. The van der Waals surface area contributed by atoms with Crippen LogP contribution >= 0.6 is 0 Å². The molecule has 2 aromatic carbocycles. The van der Waals surface area contributed by atoms with E-state index in [9.17, 15) is 4.79 Å². The standard InChI is InChI=1S/C28H35N3O4/c1-17(2)14-15-35-21-13-10-19(16-22(21)34-7)26-23-24(18-8-11-20(33-6)12-9-18)29-30-25(23)27(32)31(26)28(3,4)5/h8-13,16-17,26H,14-15H2,1-7H3,(H,29,30). The maximum atomic E-state index is 13.6. The van der Waals surface area contributed by atoms with E-state index in [1.807, 2.05) is 68.1 Å². The molecule has 0 aliphatic carbocycles. The zero-order valence-corrected chi connectivity index (χ0v) is 21.6. The molecule has 0 spiro atoms. The number of methoxy groups -OCH3 is 2. The fourth-order valence-electron chi connectivity index (χ4n) is 4.50. The first-order chi connectivity index (χ1) is 16.7. The maximum absolute atomic E-state index is 13.6. The molecule has 1 amide bonds. The van der Waals surface area contributed by atoms with Gasteiger partial charge in [-0.3, -0.25) is 9.89 Å². The summed E-state index contributed by atoms with van der Waals surface area (Å²) in [5, 5.41) is 7.57. The number of fused-ring (bicyclic) bond motifs is 1. The van der Waals surface area contributed by atoms with Crippen LogP contribution in [0.15, 0.2) is 42.5 Å². The van der Waals surface area contributed by atoms with E-state index in [4.69, 9.17) is 14.2 Å². The molecule has 3 aromatic rings. The average Bonchev–Trinajstić information content (AvgIpc) is 3.38. The third-order valence-corrected chi connectivity index (χ3v) is 6.31. The van der Waals surface area contributed by atoms with Gasteiger partial charge >= 0.3 is 0 Å². The monoisotopic (exact) mass is 477 g/mol. The Morgan fingerprint density at radius 3 is 2.34 bits per heavy atom. The van der Waals surface area contributed by atoms with E-state index in [1.165, 1.54) is 0 Å². The summed E-state index contributed by atoms with van der Waals surface area (Å²) in [6.07, 6.45) is 0.962. The summed E-state index contributed by atoms with van der Waals surface area (Å²) in [6, 6.07) is 13.3. The number of amides is 1. The Morgan fingerprint density at radius 1 is 1.03 bits per heavy atom. The van der Waals surface area contributed by atoms with Gasteiger partial charge in [-0.2, -0.15) is 5.10 Å². The van der Waals surface area contributed by atoms with Gasteiger partial charge < -0.3 is 19.1 Å². The average molecular weight is 478 g/mol. The number of nitrogens with zero attached hydrogens (tertiary/aromatic N) is 2. The molecule has 0 bridgehead atoms. The van der Waals surface area contributed by atoms with Crippen molar-refractivity contribution in [2.24, 2.45) is 5.92 Å². The van der Waals surface area contributed by atoms with Gasteiger partial charge in [0.1, 0.15) is 11.4 Å². The van der Waals surface area contributed by atoms with Gasteiger partial charge in [0, 0.05) is 16.7 Å². The predicted molar refractivity (Wildman–Crippen MR) is 136 cm³/mol.